The largest absolute Gasteiger partial charge is 0.340 e. The van der Waals surface area contributed by atoms with Gasteiger partial charge in [0.1, 0.15) is 0 Å². The molecule has 3 rings (SSSR count). The van der Waals surface area contributed by atoms with Crippen molar-refractivity contribution in [2.24, 2.45) is 0 Å². The number of hydrogen-bond donors (Lipinski definition) is 1. The van der Waals surface area contributed by atoms with Crippen LogP contribution >= 0.6 is 46.2 Å². The van der Waals surface area contributed by atoms with E-state index in [9.17, 15) is 13.6 Å². The average Bonchev–Trinajstić information content (AvgIpc) is 3.33. The summed E-state index contributed by atoms with van der Waals surface area (Å²) in [6, 6.07) is 10.6. The van der Waals surface area contributed by atoms with E-state index in [-0.39, 0.29) is 11.7 Å². The maximum absolute atomic E-state index is 12.3. The van der Waals surface area contributed by atoms with Gasteiger partial charge in [-0.05, 0) is 35.7 Å². The van der Waals surface area contributed by atoms with Gasteiger partial charge >= 0.3 is 0 Å². The lowest BCUT2D eigenvalue weighted by Gasteiger charge is -2.15. The lowest BCUT2D eigenvalue weighted by molar-refractivity contribution is -0.127. The normalized spacial score (nSPS) is 11.0. The zero-order valence-electron chi connectivity index (χ0n) is 14.7. The van der Waals surface area contributed by atoms with Crippen LogP contribution in [0.2, 0.25) is 0 Å². The van der Waals surface area contributed by atoms with Crippen molar-refractivity contribution >= 4 is 62.9 Å². The Hall–Kier alpha value is -1.69. The molecule has 0 unspecified atom stereocenters. The van der Waals surface area contributed by atoms with Crippen LogP contribution in [-0.4, -0.2) is 39.6 Å². The third kappa shape index (κ3) is 6.43. The zero-order chi connectivity index (χ0) is 19.9. The Morgan fingerprint density at radius 3 is 2.71 bits per heavy atom. The number of aromatic nitrogens is 2. The SMILES string of the molecule is CN(Cc1cccs1)C(=O)CSc1nnc(Nc2ccc(SC(F)F)cc2)s1. The fourth-order valence-electron chi connectivity index (χ4n) is 2.12. The minimum atomic E-state index is -2.44. The molecule has 1 N–H and O–H groups in total. The van der Waals surface area contributed by atoms with E-state index in [0.717, 1.165) is 10.6 Å². The van der Waals surface area contributed by atoms with E-state index >= 15 is 0 Å². The topological polar surface area (TPSA) is 58.1 Å². The molecule has 0 bridgehead atoms. The summed E-state index contributed by atoms with van der Waals surface area (Å²) in [5.74, 6) is -2.13. The van der Waals surface area contributed by atoms with E-state index < -0.39 is 5.76 Å². The summed E-state index contributed by atoms with van der Waals surface area (Å²) in [4.78, 5) is 15.6. The molecule has 0 spiro atoms. The number of hydrogen-bond acceptors (Lipinski definition) is 8. The van der Waals surface area contributed by atoms with Crippen molar-refractivity contribution in [2.75, 3.05) is 18.1 Å². The van der Waals surface area contributed by atoms with Crippen molar-refractivity contribution in [3.63, 3.8) is 0 Å². The molecule has 148 valence electrons. The Bertz CT molecular complexity index is 887. The number of halogens is 2. The van der Waals surface area contributed by atoms with Gasteiger partial charge in [0, 0.05) is 22.5 Å². The first kappa shape index (κ1) is 21.0. The van der Waals surface area contributed by atoms with Gasteiger partial charge < -0.3 is 10.2 Å². The lowest BCUT2D eigenvalue weighted by atomic mass is 10.3. The number of thioether (sulfide) groups is 2. The Labute approximate surface area is 177 Å². The Kier molecular flexibility index (Phi) is 7.65. The third-order valence-corrected chi connectivity index (χ3v) is 7.00. The molecule has 1 amide bonds. The smallest absolute Gasteiger partial charge is 0.288 e. The molecule has 0 saturated carbocycles. The monoisotopic (exact) mass is 458 g/mol. The number of thiophene rings is 1. The number of benzene rings is 1. The van der Waals surface area contributed by atoms with Crippen LogP contribution in [0.3, 0.4) is 0 Å². The van der Waals surface area contributed by atoms with Gasteiger partial charge in [-0.2, -0.15) is 8.78 Å². The summed E-state index contributed by atoms with van der Waals surface area (Å²) in [5.41, 5.74) is 0.734. The molecule has 0 fully saturated rings. The Balaban J connectivity index is 1.48. The molecule has 0 radical (unpaired) electrons. The molecule has 0 saturated heterocycles. The maximum atomic E-state index is 12.3. The second-order valence-electron chi connectivity index (χ2n) is 5.52. The number of amides is 1. The highest BCUT2D eigenvalue weighted by atomic mass is 32.2. The highest BCUT2D eigenvalue weighted by Gasteiger charge is 2.13. The van der Waals surface area contributed by atoms with Crippen LogP contribution in [0.1, 0.15) is 4.88 Å². The number of nitrogens with one attached hydrogen (secondary N) is 1. The zero-order valence-corrected chi connectivity index (χ0v) is 17.9. The standard InChI is InChI=1S/C17H16F2N4OS4/c1-23(9-13-3-2-8-25-13)14(24)10-26-17-22-21-16(28-17)20-11-4-6-12(7-5-11)27-15(18)19/h2-8,15H,9-10H2,1H3,(H,20,21). The molecule has 1 aromatic carbocycles. The van der Waals surface area contributed by atoms with Crippen molar-refractivity contribution in [3.8, 4) is 0 Å². The van der Waals surface area contributed by atoms with Gasteiger partial charge in [0.05, 0.1) is 12.3 Å². The first-order valence-corrected chi connectivity index (χ1v) is 11.6. The van der Waals surface area contributed by atoms with E-state index in [1.165, 1.54) is 23.1 Å². The predicted octanol–water partition coefficient (Wildman–Crippen LogP) is 5.41. The van der Waals surface area contributed by atoms with E-state index in [0.29, 0.717) is 32.7 Å². The van der Waals surface area contributed by atoms with Gasteiger partial charge in [-0.1, -0.05) is 40.9 Å². The van der Waals surface area contributed by atoms with Crippen molar-refractivity contribution in [1.82, 2.24) is 15.1 Å². The van der Waals surface area contributed by atoms with Crippen LogP contribution in [-0.2, 0) is 11.3 Å². The van der Waals surface area contributed by atoms with Crippen molar-refractivity contribution < 1.29 is 13.6 Å². The van der Waals surface area contributed by atoms with Gasteiger partial charge in [0.15, 0.2) is 4.34 Å². The van der Waals surface area contributed by atoms with E-state index in [4.69, 9.17) is 0 Å². The lowest BCUT2D eigenvalue weighted by Crippen LogP contribution is -2.27. The van der Waals surface area contributed by atoms with Crippen LogP contribution in [0.15, 0.2) is 51.0 Å². The number of carbonyl (C=O) groups is 1. The van der Waals surface area contributed by atoms with Gasteiger partial charge in [-0.25, -0.2) is 0 Å². The first-order valence-electron chi connectivity index (χ1n) is 8.04. The highest BCUT2D eigenvalue weighted by Crippen LogP contribution is 2.30. The average molecular weight is 459 g/mol. The second kappa shape index (κ2) is 10.2. The van der Waals surface area contributed by atoms with Crippen LogP contribution in [0, 0.1) is 0 Å². The molecule has 2 aromatic heterocycles. The highest BCUT2D eigenvalue weighted by molar-refractivity contribution is 8.01. The van der Waals surface area contributed by atoms with Gasteiger partial charge in [0.25, 0.3) is 5.76 Å². The Morgan fingerprint density at radius 2 is 2.04 bits per heavy atom. The molecule has 3 aromatic rings. The second-order valence-corrected chi connectivity index (χ2v) is 9.81. The number of nitrogens with zero attached hydrogens (tertiary/aromatic N) is 3. The van der Waals surface area contributed by atoms with Crippen molar-refractivity contribution in [1.29, 1.82) is 0 Å². The fourth-order valence-corrected chi connectivity index (χ4v) is 5.09. The number of rotatable bonds is 9. The summed E-state index contributed by atoms with van der Waals surface area (Å²) in [5, 5.41) is 13.8. The Morgan fingerprint density at radius 1 is 1.25 bits per heavy atom. The van der Waals surface area contributed by atoms with Crippen molar-refractivity contribution in [3.05, 3.63) is 46.7 Å². The minimum Gasteiger partial charge on any atom is -0.340 e. The molecule has 0 aliphatic heterocycles. The summed E-state index contributed by atoms with van der Waals surface area (Å²) in [6.45, 7) is 0.597. The molecule has 0 aliphatic carbocycles. The van der Waals surface area contributed by atoms with Crippen LogP contribution in [0.5, 0.6) is 0 Å². The number of carbonyl (C=O) groups excluding carboxylic acids is 1. The van der Waals surface area contributed by atoms with Crippen LogP contribution in [0.4, 0.5) is 19.6 Å². The molecule has 0 aliphatic rings. The minimum absolute atomic E-state index is 0.0234. The molecule has 5 nitrogen and oxygen atoms in total. The van der Waals surface area contributed by atoms with Crippen LogP contribution in [0.25, 0.3) is 0 Å². The summed E-state index contributed by atoms with van der Waals surface area (Å²) in [6.07, 6.45) is 0. The van der Waals surface area contributed by atoms with Gasteiger partial charge in [-0.15, -0.1) is 21.5 Å². The summed E-state index contributed by atoms with van der Waals surface area (Å²) in [7, 11) is 1.78. The van der Waals surface area contributed by atoms with Gasteiger partial charge in [-0.3, -0.25) is 4.79 Å². The molecule has 11 heteroatoms. The molecule has 0 atom stereocenters. The van der Waals surface area contributed by atoms with E-state index in [1.54, 1.807) is 47.5 Å². The quantitative estimate of drug-likeness (QED) is 0.433. The summed E-state index contributed by atoms with van der Waals surface area (Å²) < 4.78 is 25.4. The predicted molar refractivity (Wildman–Crippen MR) is 113 cm³/mol. The molecule has 28 heavy (non-hydrogen) atoms. The maximum Gasteiger partial charge on any atom is 0.288 e. The van der Waals surface area contributed by atoms with Crippen LogP contribution < -0.4 is 5.32 Å². The van der Waals surface area contributed by atoms with E-state index in [1.807, 2.05) is 17.5 Å². The number of anilines is 2. The van der Waals surface area contributed by atoms with Gasteiger partial charge in [0.2, 0.25) is 11.0 Å². The first-order chi connectivity index (χ1) is 13.5. The molecular formula is C17H16F2N4OS4. The molecular weight excluding hydrogens is 442 g/mol. The van der Waals surface area contributed by atoms with E-state index in [2.05, 4.69) is 15.5 Å². The fraction of sp³-hybridized carbons (Fsp3) is 0.235. The summed E-state index contributed by atoms with van der Waals surface area (Å²) >= 11 is 4.81. The number of alkyl halides is 2. The molecule has 2 heterocycles. The third-order valence-electron chi connectivity index (χ3n) is 3.46. The van der Waals surface area contributed by atoms with Crippen molar-refractivity contribution in [2.45, 2.75) is 21.5 Å².